The maximum Gasteiger partial charge on any atom is 0.339 e. The number of hydrogen-bond donors (Lipinski definition) is 2. The summed E-state index contributed by atoms with van der Waals surface area (Å²) < 4.78 is 32.6. The molecule has 0 spiro atoms. The van der Waals surface area contributed by atoms with Crippen molar-refractivity contribution in [2.45, 2.75) is 36.6 Å². The lowest BCUT2D eigenvalue weighted by atomic mass is 9.99. The highest BCUT2D eigenvalue weighted by molar-refractivity contribution is 7.89. The molecule has 23 heavy (non-hydrogen) atoms. The van der Waals surface area contributed by atoms with Crippen molar-refractivity contribution < 1.29 is 17.9 Å². The van der Waals surface area contributed by atoms with E-state index in [1.807, 2.05) is 0 Å². The maximum atomic E-state index is 12.6. The van der Waals surface area contributed by atoms with Gasteiger partial charge in [-0.15, -0.1) is 12.4 Å². The molecule has 6 nitrogen and oxygen atoms in total. The number of carbonyl (C=O) groups excluding carboxylic acids is 1. The van der Waals surface area contributed by atoms with Gasteiger partial charge in [0.1, 0.15) is 0 Å². The molecule has 1 aromatic rings. The molecule has 0 amide bonds. The van der Waals surface area contributed by atoms with Gasteiger partial charge < -0.3 is 10.5 Å². The number of carbonyl (C=O) groups is 1. The fraction of sp³-hybridized carbons (Fsp3) is 0.533. The van der Waals surface area contributed by atoms with Crippen LogP contribution in [-0.2, 0) is 14.8 Å². The van der Waals surface area contributed by atoms with Crippen LogP contribution in [-0.4, -0.2) is 34.1 Å². The summed E-state index contributed by atoms with van der Waals surface area (Å²) in [6, 6.07) is 5.71. The largest absolute Gasteiger partial charge is 0.465 e. The Hall–Kier alpha value is -1.15. The predicted octanol–water partition coefficient (Wildman–Crippen LogP) is 1.69. The van der Waals surface area contributed by atoms with Crippen molar-refractivity contribution >= 4 is 28.4 Å². The van der Waals surface area contributed by atoms with E-state index in [1.165, 1.54) is 19.2 Å². The lowest BCUT2D eigenvalue weighted by Crippen LogP contribution is -2.44. The molecule has 0 bridgehead atoms. The van der Waals surface area contributed by atoms with Gasteiger partial charge in [-0.25, -0.2) is 17.9 Å². The van der Waals surface area contributed by atoms with Crippen molar-refractivity contribution in [1.82, 2.24) is 4.72 Å². The van der Waals surface area contributed by atoms with Crippen LogP contribution in [0, 0.1) is 5.92 Å². The Morgan fingerprint density at radius 3 is 2.52 bits per heavy atom. The monoisotopic (exact) mass is 362 g/mol. The molecule has 3 N–H and O–H groups in total. The van der Waals surface area contributed by atoms with Gasteiger partial charge in [0.25, 0.3) is 0 Å². The molecule has 0 radical (unpaired) electrons. The Morgan fingerprint density at radius 1 is 1.35 bits per heavy atom. The smallest absolute Gasteiger partial charge is 0.339 e. The standard InChI is InChI=1S/C15H22N2O4S.ClH/c1-21-15(18)12-8-4-5-9-14(12)22(19,20)17-13(10-16)11-6-2-3-7-11;/h4-5,8-9,11,13,17H,2-3,6-7,10,16H2,1H3;1H. The Morgan fingerprint density at radius 2 is 1.96 bits per heavy atom. The van der Waals surface area contributed by atoms with Gasteiger partial charge >= 0.3 is 5.97 Å². The third-order valence-electron chi connectivity index (χ3n) is 4.11. The number of esters is 1. The van der Waals surface area contributed by atoms with Crippen LogP contribution >= 0.6 is 12.4 Å². The van der Waals surface area contributed by atoms with Crippen molar-refractivity contribution in [3.8, 4) is 0 Å². The van der Waals surface area contributed by atoms with Gasteiger partial charge in [-0.3, -0.25) is 0 Å². The van der Waals surface area contributed by atoms with Crippen molar-refractivity contribution in [2.24, 2.45) is 11.7 Å². The molecule has 0 aliphatic heterocycles. The summed E-state index contributed by atoms with van der Waals surface area (Å²) in [5.74, 6) is -0.420. The third kappa shape index (κ3) is 4.67. The molecule has 130 valence electrons. The van der Waals surface area contributed by atoms with Gasteiger partial charge in [0, 0.05) is 12.6 Å². The van der Waals surface area contributed by atoms with Crippen LogP contribution in [0.25, 0.3) is 0 Å². The predicted molar refractivity (Wildman–Crippen MR) is 90.2 cm³/mol. The van der Waals surface area contributed by atoms with E-state index in [9.17, 15) is 13.2 Å². The van der Waals surface area contributed by atoms with E-state index in [0.717, 1.165) is 25.7 Å². The lowest BCUT2D eigenvalue weighted by molar-refractivity contribution is 0.0596. The molecule has 1 aromatic carbocycles. The molecule has 1 aliphatic rings. The molecule has 2 rings (SSSR count). The second kappa shape index (κ2) is 8.63. The zero-order valence-electron chi connectivity index (χ0n) is 13.0. The highest BCUT2D eigenvalue weighted by atomic mass is 35.5. The number of nitrogens with one attached hydrogen (secondary N) is 1. The maximum absolute atomic E-state index is 12.6. The van der Waals surface area contributed by atoms with Gasteiger partial charge in [-0.2, -0.15) is 0 Å². The van der Waals surface area contributed by atoms with Crippen LogP contribution < -0.4 is 10.5 Å². The van der Waals surface area contributed by atoms with Gasteiger partial charge in [0.2, 0.25) is 10.0 Å². The zero-order chi connectivity index (χ0) is 16.2. The SMILES string of the molecule is COC(=O)c1ccccc1S(=O)(=O)NC(CN)C1CCCC1.Cl. The van der Waals surface area contributed by atoms with Gasteiger partial charge in [0.05, 0.1) is 17.6 Å². The minimum atomic E-state index is -3.83. The number of nitrogens with two attached hydrogens (primary N) is 1. The van der Waals surface area contributed by atoms with Crippen molar-refractivity contribution in [1.29, 1.82) is 0 Å². The van der Waals surface area contributed by atoms with Crippen LogP contribution in [0.2, 0.25) is 0 Å². The molecule has 8 heteroatoms. The molecule has 1 unspecified atom stereocenters. The summed E-state index contributed by atoms with van der Waals surface area (Å²) in [4.78, 5) is 11.7. The number of hydrogen-bond acceptors (Lipinski definition) is 5. The van der Waals surface area contributed by atoms with E-state index in [-0.39, 0.29) is 41.4 Å². The van der Waals surface area contributed by atoms with Crippen molar-refractivity contribution in [3.05, 3.63) is 29.8 Å². The summed E-state index contributed by atoms with van der Waals surface area (Å²) in [6.45, 7) is 0.240. The number of halogens is 1. The second-order valence-electron chi connectivity index (χ2n) is 5.50. The summed E-state index contributed by atoms with van der Waals surface area (Å²) >= 11 is 0. The first-order valence-corrected chi connectivity index (χ1v) is 8.87. The second-order valence-corrected chi connectivity index (χ2v) is 7.18. The highest BCUT2D eigenvalue weighted by Gasteiger charge is 2.30. The topological polar surface area (TPSA) is 98.5 Å². The first kappa shape index (κ1) is 19.9. The summed E-state index contributed by atoms with van der Waals surface area (Å²) in [5, 5.41) is 0. The van der Waals surface area contributed by atoms with Crippen LogP contribution in [0.1, 0.15) is 36.0 Å². The molecular weight excluding hydrogens is 340 g/mol. The average Bonchev–Trinajstić information content (AvgIpc) is 3.06. The molecule has 0 saturated heterocycles. The molecule has 1 atom stereocenters. The van der Waals surface area contributed by atoms with Gasteiger partial charge in [-0.05, 0) is 30.9 Å². The fourth-order valence-corrected chi connectivity index (χ4v) is 4.45. The number of benzene rings is 1. The van der Waals surface area contributed by atoms with Gasteiger partial charge in [-0.1, -0.05) is 25.0 Å². The van der Waals surface area contributed by atoms with E-state index >= 15 is 0 Å². The molecular formula is C15H23ClN2O4S. The number of rotatable bonds is 6. The first-order valence-electron chi connectivity index (χ1n) is 7.39. The van der Waals surface area contributed by atoms with Gasteiger partial charge in [0.15, 0.2) is 0 Å². The molecule has 1 saturated carbocycles. The molecule has 0 aromatic heterocycles. The number of ether oxygens (including phenoxy) is 1. The van der Waals surface area contributed by atoms with E-state index < -0.39 is 16.0 Å². The van der Waals surface area contributed by atoms with Crippen LogP contribution in [0.5, 0.6) is 0 Å². The Labute approximate surface area is 143 Å². The number of sulfonamides is 1. The van der Waals surface area contributed by atoms with Crippen LogP contribution in [0.3, 0.4) is 0 Å². The normalized spacial score (nSPS) is 16.6. The van der Waals surface area contributed by atoms with E-state index in [4.69, 9.17) is 5.73 Å². The van der Waals surface area contributed by atoms with E-state index in [0.29, 0.717) is 0 Å². The minimum absolute atomic E-state index is 0. The van der Waals surface area contributed by atoms with E-state index in [1.54, 1.807) is 12.1 Å². The summed E-state index contributed by atoms with van der Waals surface area (Å²) in [6.07, 6.45) is 4.15. The third-order valence-corrected chi connectivity index (χ3v) is 5.66. The summed E-state index contributed by atoms with van der Waals surface area (Å²) in [5.41, 5.74) is 5.77. The first-order chi connectivity index (χ1) is 10.5. The Kier molecular flexibility index (Phi) is 7.47. The number of methoxy groups -OCH3 is 1. The molecule has 0 heterocycles. The molecule has 1 aliphatic carbocycles. The Balaban J connectivity index is 0.00000264. The zero-order valence-corrected chi connectivity index (χ0v) is 14.7. The fourth-order valence-electron chi connectivity index (χ4n) is 2.94. The average molecular weight is 363 g/mol. The van der Waals surface area contributed by atoms with E-state index in [2.05, 4.69) is 9.46 Å². The van der Waals surface area contributed by atoms with Crippen LogP contribution in [0.4, 0.5) is 0 Å². The quantitative estimate of drug-likeness (QED) is 0.750. The highest BCUT2D eigenvalue weighted by Crippen LogP contribution is 2.28. The minimum Gasteiger partial charge on any atom is -0.465 e. The lowest BCUT2D eigenvalue weighted by Gasteiger charge is -2.23. The van der Waals surface area contributed by atoms with Crippen molar-refractivity contribution in [2.75, 3.05) is 13.7 Å². The van der Waals surface area contributed by atoms with Crippen molar-refractivity contribution in [3.63, 3.8) is 0 Å². The summed E-state index contributed by atoms with van der Waals surface area (Å²) in [7, 11) is -2.60. The Bertz CT molecular complexity index is 630. The van der Waals surface area contributed by atoms with Crippen LogP contribution in [0.15, 0.2) is 29.2 Å². The molecule has 1 fully saturated rings.